The lowest BCUT2D eigenvalue weighted by atomic mass is 9.91. The molecule has 1 atom stereocenters. The van der Waals surface area contributed by atoms with Gasteiger partial charge in [-0.25, -0.2) is 23.1 Å². The first-order valence-corrected chi connectivity index (χ1v) is 16.1. The zero-order chi connectivity index (χ0) is 31.2. The molecular formula is C30H29Cl2N7O4S. The van der Waals surface area contributed by atoms with E-state index in [0.717, 1.165) is 16.7 Å². The Balaban J connectivity index is 1.41. The van der Waals surface area contributed by atoms with Gasteiger partial charge in [0, 0.05) is 62.1 Å². The van der Waals surface area contributed by atoms with Gasteiger partial charge in [-0.15, -0.1) is 0 Å². The van der Waals surface area contributed by atoms with Gasteiger partial charge < -0.3 is 10.2 Å². The fourth-order valence-corrected chi connectivity index (χ4v) is 7.90. The Morgan fingerprint density at radius 2 is 1.66 bits per heavy atom. The van der Waals surface area contributed by atoms with E-state index < -0.39 is 15.6 Å². The molecule has 0 unspecified atom stereocenters. The summed E-state index contributed by atoms with van der Waals surface area (Å²) in [5.41, 5.74) is 1.73. The number of anilines is 2. The van der Waals surface area contributed by atoms with Gasteiger partial charge in [-0.3, -0.25) is 14.3 Å². The van der Waals surface area contributed by atoms with Crippen LogP contribution in [0.25, 0.3) is 11.1 Å². The fourth-order valence-electron chi connectivity index (χ4n) is 5.78. The molecule has 0 saturated carbocycles. The van der Waals surface area contributed by atoms with Gasteiger partial charge in [0.2, 0.25) is 5.95 Å². The third kappa shape index (κ3) is 5.21. The molecule has 228 valence electrons. The van der Waals surface area contributed by atoms with Crippen LogP contribution >= 0.6 is 23.2 Å². The molecule has 44 heavy (non-hydrogen) atoms. The number of piperazine rings is 1. The highest BCUT2D eigenvalue weighted by Crippen LogP contribution is 2.45. The third-order valence-electron chi connectivity index (χ3n) is 8.01. The highest BCUT2D eigenvalue weighted by molar-refractivity contribution is 7.89. The number of fused-ring (bicyclic) bond motifs is 1. The van der Waals surface area contributed by atoms with Crippen LogP contribution in [0.5, 0.6) is 0 Å². The number of sulfonamides is 1. The van der Waals surface area contributed by atoms with Gasteiger partial charge >= 0.3 is 6.03 Å². The molecule has 1 saturated heterocycles. The van der Waals surface area contributed by atoms with E-state index in [1.165, 1.54) is 27.0 Å². The summed E-state index contributed by atoms with van der Waals surface area (Å²) in [5, 5.41) is 3.10. The molecule has 4 heterocycles. The highest BCUT2D eigenvalue weighted by atomic mass is 35.5. The van der Waals surface area contributed by atoms with Gasteiger partial charge in [-0.1, -0.05) is 53.5 Å². The van der Waals surface area contributed by atoms with Crippen LogP contribution in [0.1, 0.15) is 12.5 Å². The number of amides is 3. The lowest BCUT2D eigenvalue weighted by Gasteiger charge is -2.34. The molecular weight excluding hydrogens is 625 g/mol. The summed E-state index contributed by atoms with van der Waals surface area (Å²) in [6.45, 7) is 2.37. The number of carbonyl (C=O) groups is 2. The van der Waals surface area contributed by atoms with Crippen LogP contribution in [-0.2, 0) is 26.8 Å². The minimum Gasteiger partial charge on any atom is -0.341 e. The lowest BCUT2D eigenvalue weighted by molar-refractivity contribution is -0.124. The van der Waals surface area contributed by atoms with Crippen LogP contribution in [0.4, 0.5) is 16.4 Å². The van der Waals surface area contributed by atoms with Gasteiger partial charge in [-0.2, -0.15) is 4.31 Å². The summed E-state index contributed by atoms with van der Waals surface area (Å²) in [5.74, 6) is -0.235. The highest BCUT2D eigenvalue weighted by Gasteiger charge is 2.52. The summed E-state index contributed by atoms with van der Waals surface area (Å²) >= 11 is 12.6. The molecule has 2 aliphatic heterocycles. The molecule has 3 amide bonds. The first kappa shape index (κ1) is 30.1. The third-order valence-corrected chi connectivity index (χ3v) is 10.3. The van der Waals surface area contributed by atoms with Crippen molar-refractivity contribution in [3.05, 3.63) is 88.8 Å². The van der Waals surface area contributed by atoms with E-state index >= 15 is 0 Å². The first-order chi connectivity index (χ1) is 21.0. The summed E-state index contributed by atoms with van der Waals surface area (Å²) in [6, 6.07) is 16.0. The fraction of sp³-hybridized carbons (Fsp3) is 0.267. The number of imidazole rings is 1. The molecule has 2 aromatic carbocycles. The van der Waals surface area contributed by atoms with Crippen LogP contribution in [-0.4, -0.2) is 77.3 Å². The maximum atomic E-state index is 14.4. The number of carbonyl (C=O) groups excluding carboxylic acids is 2. The Morgan fingerprint density at radius 3 is 2.27 bits per heavy atom. The average Bonchev–Trinajstić information content (AvgIpc) is 3.55. The molecule has 2 aliphatic rings. The number of hydrogen-bond donors (Lipinski definition) is 1. The molecule has 6 rings (SSSR count). The van der Waals surface area contributed by atoms with Crippen LogP contribution in [0.15, 0.2) is 78.2 Å². The Bertz CT molecular complexity index is 1820. The molecule has 14 heteroatoms. The van der Waals surface area contributed by atoms with E-state index in [1.807, 2.05) is 36.4 Å². The van der Waals surface area contributed by atoms with Gasteiger partial charge in [0.05, 0.1) is 11.9 Å². The van der Waals surface area contributed by atoms with E-state index in [-0.39, 0.29) is 55.5 Å². The molecule has 0 aliphatic carbocycles. The standard InChI is InChI=1S/C30H29Cl2N7O4S/c1-30(17-20-5-7-21(8-6-20)22-4-3-9-34-18-22)27(40)38(25-15-23(31)14-24(32)16-25)28-35-19-26(39(28)30)44(42,43)37-12-10-36(11-13-37)29(41)33-2/h3-9,14-16,18-19H,10-13,17H2,1-2H3,(H,33,41)/t30-/m1/s1. The molecule has 0 bridgehead atoms. The smallest absolute Gasteiger partial charge is 0.317 e. The Kier molecular flexibility index (Phi) is 7.87. The van der Waals surface area contributed by atoms with Crippen LogP contribution in [0.3, 0.4) is 0 Å². The number of nitrogens with one attached hydrogen (secondary N) is 1. The molecule has 11 nitrogen and oxygen atoms in total. The van der Waals surface area contributed by atoms with Crippen LogP contribution in [0, 0.1) is 0 Å². The Morgan fingerprint density at radius 1 is 0.977 bits per heavy atom. The monoisotopic (exact) mass is 653 g/mol. The normalized spacial score (nSPS) is 18.9. The van der Waals surface area contributed by atoms with Crippen LogP contribution in [0.2, 0.25) is 10.0 Å². The quantitative estimate of drug-likeness (QED) is 0.326. The minimum atomic E-state index is -4.11. The molecule has 0 radical (unpaired) electrons. The zero-order valence-electron chi connectivity index (χ0n) is 23.9. The SMILES string of the molecule is CNC(=O)N1CCN(S(=O)(=O)c2cnc3n2[C@](C)(Cc2ccc(-c4cccnc4)cc2)C(=O)N3c2cc(Cl)cc(Cl)c2)CC1. The second kappa shape index (κ2) is 11.5. The predicted octanol–water partition coefficient (Wildman–Crippen LogP) is 4.53. The summed E-state index contributed by atoms with van der Waals surface area (Å²) in [6.07, 6.45) is 4.94. The maximum Gasteiger partial charge on any atom is 0.317 e. The number of nitrogens with zero attached hydrogens (tertiary/aromatic N) is 6. The van der Waals surface area contributed by atoms with E-state index in [9.17, 15) is 18.0 Å². The Labute approximate surface area is 265 Å². The number of halogens is 2. The van der Waals surface area contributed by atoms with Gasteiger partial charge in [-0.05, 0) is 47.9 Å². The lowest BCUT2D eigenvalue weighted by Crippen LogP contribution is -2.53. The van der Waals surface area contributed by atoms with Crippen LogP contribution < -0.4 is 10.2 Å². The van der Waals surface area contributed by atoms with Crippen molar-refractivity contribution in [2.24, 2.45) is 0 Å². The van der Waals surface area contributed by atoms with Crippen molar-refractivity contribution >= 4 is 56.8 Å². The molecule has 1 N–H and O–H groups in total. The Hall–Kier alpha value is -3.97. The zero-order valence-corrected chi connectivity index (χ0v) is 26.3. The largest absolute Gasteiger partial charge is 0.341 e. The average molecular weight is 655 g/mol. The van der Waals surface area contributed by atoms with E-state index in [4.69, 9.17) is 23.2 Å². The van der Waals surface area contributed by atoms with Crippen molar-refractivity contribution in [1.29, 1.82) is 0 Å². The van der Waals surface area contributed by atoms with E-state index in [2.05, 4.69) is 15.3 Å². The van der Waals surface area contributed by atoms with Crippen molar-refractivity contribution in [3.8, 4) is 11.1 Å². The van der Waals surface area contributed by atoms with Crippen molar-refractivity contribution < 1.29 is 18.0 Å². The topological polar surface area (TPSA) is 121 Å². The van der Waals surface area contributed by atoms with Crippen molar-refractivity contribution in [2.45, 2.75) is 23.9 Å². The summed E-state index contributed by atoms with van der Waals surface area (Å²) in [7, 11) is -2.58. The summed E-state index contributed by atoms with van der Waals surface area (Å²) < 4.78 is 31.1. The van der Waals surface area contributed by atoms with Crippen molar-refractivity contribution in [3.63, 3.8) is 0 Å². The molecule has 0 spiro atoms. The van der Waals surface area contributed by atoms with Gasteiger partial charge in [0.25, 0.3) is 15.9 Å². The predicted molar refractivity (Wildman–Crippen MR) is 168 cm³/mol. The van der Waals surface area contributed by atoms with Crippen molar-refractivity contribution in [1.82, 2.24) is 29.1 Å². The van der Waals surface area contributed by atoms with Gasteiger partial charge in [0.1, 0.15) is 5.54 Å². The van der Waals surface area contributed by atoms with Gasteiger partial charge in [0.15, 0.2) is 5.03 Å². The second-order valence-corrected chi connectivity index (χ2v) is 13.6. The number of rotatable bonds is 6. The van der Waals surface area contributed by atoms with E-state index in [0.29, 0.717) is 15.7 Å². The number of aromatic nitrogens is 3. The second-order valence-electron chi connectivity index (χ2n) is 10.8. The molecule has 4 aromatic rings. The first-order valence-electron chi connectivity index (χ1n) is 13.9. The number of pyridine rings is 1. The molecule has 2 aromatic heterocycles. The maximum absolute atomic E-state index is 14.4. The minimum absolute atomic E-state index is 0.102. The van der Waals surface area contributed by atoms with E-state index in [1.54, 1.807) is 42.4 Å². The van der Waals surface area contributed by atoms with Crippen molar-refractivity contribution in [2.75, 3.05) is 38.1 Å². The molecule has 1 fully saturated rings. The number of benzene rings is 2. The number of hydrogen-bond acceptors (Lipinski definition) is 6. The number of urea groups is 1. The summed E-state index contributed by atoms with van der Waals surface area (Å²) in [4.78, 5) is 38.0.